The number of Topliss-reactive ketones (excluding diaryl/α,β-unsaturated/α-hetero) is 1. The second kappa shape index (κ2) is 7.79. The zero-order chi connectivity index (χ0) is 21.4. The second-order valence-corrected chi connectivity index (χ2v) is 7.59. The third-order valence-corrected chi connectivity index (χ3v) is 5.50. The summed E-state index contributed by atoms with van der Waals surface area (Å²) in [5, 5.41) is 0.864. The van der Waals surface area contributed by atoms with Crippen molar-refractivity contribution in [3.05, 3.63) is 83.1 Å². The van der Waals surface area contributed by atoms with Crippen molar-refractivity contribution < 1.29 is 9.18 Å². The zero-order valence-electron chi connectivity index (χ0n) is 17.6. The van der Waals surface area contributed by atoms with E-state index in [0.717, 1.165) is 33.3 Å². The normalized spacial score (nSPS) is 11.1. The van der Waals surface area contributed by atoms with Gasteiger partial charge >= 0.3 is 0 Å². The number of rotatable bonds is 4. The number of hydrogen-bond donors (Lipinski definition) is 0. The SMILES string of the molecule is CCC(=O)c1cc(-c2ccccc2F)c2c(C)c(-c3ccnc(C)c3)c(C)cc2n1. The average molecular weight is 398 g/mol. The van der Waals surface area contributed by atoms with E-state index in [1.807, 2.05) is 52.0 Å². The molecule has 4 heteroatoms. The Balaban J connectivity index is 2.13. The molecule has 0 aliphatic rings. The van der Waals surface area contributed by atoms with E-state index in [1.165, 1.54) is 6.07 Å². The smallest absolute Gasteiger partial charge is 0.180 e. The molecule has 0 saturated carbocycles. The molecule has 0 bridgehead atoms. The van der Waals surface area contributed by atoms with E-state index in [1.54, 1.807) is 24.4 Å². The summed E-state index contributed by atoms with van der Waals surface area (Å²) in [5.74, 6) is -0.375. The minimum atomic E-state index is -0.318. The highest BCUT2D eigenvalue weighted by Gasteiger charge is 2.19. The number of pyridine rings is 2. The largest absolute Gasteiger partial charge is 0.292 e. The van der Waals surface area contributed by atoms with E-state index in [0.29, 0.717) is 28.8 Å². The molecule has 0 fully saturated rings. The molecule has 0 N–H and O–H groups in total. The first-order valence-electron chi connectivity index (χ1n) is 10.1. The van der Waals surface area contributed by atoms with E-state index < -0.39 is 0 Å². The first-order valence-corrected chi connectivity index (χ1v) is 10.1. The number of benzene rings is 2. The van der Waals surface area contributed by atoms with Crippen molar-refractivity contribution in [2.45, 2.75) is 34.1 Å². The van der Waals surface area contributed by atoms with Crippen molar-refractivity contribution in [3.63, 3.8) is 0 Å². The molecule has 2 aromatic heterocycles. The average Bonchev–Trinajstić information content (AvgIpc) is 2.72. The van der Waals surface area contributed by atoms with Crippen molar-refractivity contribution in [2.24, 2.45) is 0 Å². The Morgan fingerprint density at radius 1 is 1.00 bits per heavy atom. The molecule has 2 heterocycles. The van der Waals surface area contributed by atoms with Crippen LogP contribution in [0.5, 0.6) is 0 Å². The lowest BCUT2D eigenvalue weighted by molar-refractivity contribution is 0.0984. The minimum Gasteiger partial charge on any atom is -0.292 e. The van der Waals surface area contributed by atoms with E-state index >= 15 is 0 Å². The van der Waals surface area contributed by atoms with Crippen LogP contribution in [0.25, 0.3) is 33.2 Å². The molecule has 0 amide bonds. The summed E-state index contributed by atoms with van der Waals surface area (Å²) in [5.41, 5.74) is 7.39. The lowest BCUT2D eigenvalue weighted by Gasteiger charge is -2.18. The van der Waals surface area contributed by atoms with E-state index in [2.05, 4.69) is 9.97 Å². The maximum Gasteiger partial charge on any atom is 0.180 e. The van der Waals surface area contributed by atoms with E-state index in [-0.39, 0.29) is 11.6 Å². The van der Waals surface area contributed by atoms with Crippen LogP contribution in [0.15, 0.2) is 54.7 Å². The molecule has 4 aromatic rings. The number of aromatic nitrogens is 2. The highest BCUT2D eigenvalue weighted by atomic mass is 19.1. The Morgan fingerprint density at radius 2 is 1.77 bits per heavy atom. The van der Waals surface area contributed by atoms with Gasteiger partial charge in [0.25, 0.3) is 0 Å². The third kappa shape index (κ3) is 3.39. The van der Waals surface area contributed by atoms with Gasteiger partial charge < -0.3 is 0 Å². The molecule has 3 nitrogen and oxygen atoms in total. The fraction of sp³-hybridized carbons (Fsp3) is 0.192. The quantitative estimate of drug-likeness (QED) is 0.363. The first kappa shape index (κ1) is 19.9. The van der Waals surface area contributed by atoms with Gasteiger partial charge in [0.05, 0.1) is 5.52 Å². The fourth-order valence-electron chi connectivity index (χ4n) is 4.12. The maximum absolute atomic E-state index is 14.8. The summed E-state index contributed by atoms with van der Waals surface area (Å²) >= 11 is 0. The van der Waals surface area contributed by atoms with Gasteiger partial charge in [-0.15, -0.1) is 0 Å². The van der Waals surface area contributed by atoms with Crippen LogP contribution in [0.2, 0.25) is 0 Å². The molecule has 0 unspecified atom stereocenters. The van der Waals surface area contributed by atoms with Gasteiger partial charge in [-0.1, -0.05) is 25.1 Å². The van der Waals surface area contributed by atoms with Crippen LogP contribution in [-0.2, 0) is 0 Å². The maximum atomic E-state index is 14.8. The Morgan fingerprint density at radius 3 is 2.47 bits per heavy atom. The van der Waals surface area contributed by atoms with E-state index in [9.17, 15) is 9.18 Å². The molecule has 0 spiro atoms. The third-order valence-electron chi connectivity index (χ3n) is 5.50. The molecule has 4 rings (SSSR count). The molecule has 0 aliphatic carbocycles. The summed E-state index contributed by atoms with van der Waals surface area (Å²) < 4.78 is 14.8. The van der Waals surface area contributed by atoms with Crippen LogP contribution >= 0.6 is 0 Å². The Kier molecular flexibility index (Phi) is 5.17. The number of aryl methyl sites for hydroxylation is 3. The standard InChI is InChI=1S/C26H23FN2O/c1-5-24(30)22-14-20(19-8-6-7-9-21(19)27)26-17(4)25(15(2)12-23(26)29-22)18-10-11-28-16(3)13-18/h6-14H,5H2,1-4H3. The highest BCUT2D eigenvalue weighted by molar-refractivity contribution is 6.05. The number of carbonyl (C=O) groups excluding carboxylic acids is 1. The Bertz CT molecular complexity index is 1290. The number of carbonyl (C=O) groups is 1. The topological polar surface area (TPSA) is 42.9 Å². The number of fused-ring (bicyclic) bond motifs is 1. The molecule has 150 valence electrons. The highest BCUT2D eigenvalue weighted by Crippen LogP contribution is 2.39. The summed E-state index contributed by atoms with van der Waals surface area (Å²) in [6.07, 6.45) is 2.15. The Hall–Kier alpha value is -3.40. The number of halogens is 1. The first-order chi connectivity index (χ1) is 14.4. The van der Waals surface area contributed by atoms with Crippen molar-refractivity contribution >= 4 is 16.7 Å². The van der Waals surface area contributed by atoms with Crippen LogP contribution in [0.1, 0.15) is 40.7 Å². The van der Waals surface area contributed by atoms with Crippen molar-refractivity contribution in [1.82, 2.24) is 9.97 Å². The summed E-state index contributed by atoms with van der Waals surface area (Å²) in [4.78, 5) is 21.4. The van der Waals surface area contributed by atoms with Crippen molar-refractivity contribution in [1.29, 1.82) is 0 Å². The molecule has 0 radical (unpaired) electrons. The Labute approximate surface area is 175 Å². The summed E-state index contributed by atoms with van der Waals surface area (Å²) in [7, 11) is 0. The molecular weight excluding hydrogens is 375 g/mol. The van der Waals surface area contributed by atoms with Gasteiger partial charge in [0, 0.05) is 29.3 Å². The van der Waals surface area contributed by atoms with Crippen LogP contribution in [-0.4, -0.2) is 15.8 Å². The zero-order valence-corrected chi connectivity index (χ0v) is 17.6. The number of ketones is 1. The van der Waals surface area contributed by atoms with Crippen molar-refractivity contribution in [3.8, 4) is 22.3 Å². The summed E-state index contributed by atoms with van der Waals surface area (Å²) in [6.45, 7) is 7.84. The van der Waals surface area contributed by atoms with Gasteiger partial charge in [-0.3, -0.25) is 9.78 Å². The van der Waals surface area contributed by atoms with Gasteiger partial charge in [0.15, 0.2) is 5.78 Å². The second-order valence-electron chi connectivity index (χ2n) is 7.59. The number of nitrogens with zero attached hydrogens (tertiary/aromatic N) is 2. The van der Waals surface area contributed by atoms with Gasteiger partial charge in [0.1, 0.15) is 11.5 Å². The van der Waals surface area contributed by atoms with Gasteiger partial charge in [-0.25, -0.2) is 9.37 Å². The monoisotopic (exact) mass is 398 g/mol. The van der Waals surface area contributed by atoms with Gasteiger partial charge in [0.2, 0.25) is 0 Å². The molecule has 0 atom stereocenters. The fourth-order valence-corrected chi connectivity index (χ4v) is 4.12. The predicted octanol–water partition coefficient (Wildman–Crippen LogP) is 6.62. The molecule has 30 heavy (non-hydrogen) atoms. The molecule has 2 aromatic carbocycles. The lowest BCUT2D eigenvalue weighted by atomic mass is 9.88. The van der Waals surface area contributed by atoms with Crippen molar-refractivity contribution in [2.75, 3.05) is 0 Å². The van der Waals surface area contributed by atoms with Gasteiger partial charge in [-0.05, 0) is 78.9 Å². The lowest BCUT2D eigenvalue weighted by Crippen LogP contribution is -2.04. The summed E-state index contributed by atoms with van der Waals surface area (Å²) in [6, 6.07) is 14.4. The minimum absolute atomic E-state index is 0.0568. The predicted molar refractivity (Wildman–Crippen MR) is 119 cm³/mol. The van der Waals surface area contributed by atoms with Gasteiger partial charge in [-0.2, -0.15) is 0 Å². The van der Waals surface area contributed by atoms with E-state index in [4.69, 9.17) is 0 Å². The molecule has 0 saturated heterocycles. The van der Waals surface area contributed by atoms with Crippen LogP contribution in [0, 0.1) is 26.6 Å². The van der Waals surface area contributed by atoms with Crippen LogP contribution in [0.4, 0.5) is 4.39 Å². The molecular formula is C26H23FN2O. The molecule has 0 aliphatic heterocycles. The van der Waals surface area contributed by atoms with Crippen LogP contribution < -0.4 is 0 Å². The number of hydrogen-bond acceptors (Lipinski definition) is 3. The van der Waals surface area contributed by atoms with Crippen LogP contribution in [0.3, 0.4) is 0 Å².